The zero-order valence-electron chi connectivity index (χ0n) is 21.0. The van der Waals surface area contributed by atoms with Crippen molar-refractivity contribution in [1.82, 2.24) is 14.9 Å². The molecule has 1 aliphatic rings. The molecule has 1 saturated heterocycles. The molecule has 0 amide bonds. The van der Waals surface area contributed by atoms with Gasteiger partial charge in [0.05, 0.1) is 36.0 Å². The highest BCUT2D eigenvalue weighted by molar-refractivity contribution is 7.94. The number of para-hydroxylation sites is 1. The van der Waals surface area contributed by atoms with E-state index in [2.05, 4.69) is 14.9 Å². The minimum absolute atomic E-state index is 0.196. The standard InChI is InChI=1S/C26H30N4O5S3/c1-2-35-13-12-30(38(33,34)23-7-4-14-36-23)22-6-3-5-19-15-21(28-24(19)22)25-27-16-20(37-25)17-29-10-8-18(9-11-29)26(31)32/h3-7,14-16,18,28H,2,8-13,17H2,1H3,(H,31,32). The minimum atomic E-state index is -3.76. The zero-order chi connectivity index (χ0) is 26.7. The topological polar surface area (TPSA) is 116 Å². The van der Waals surface area contributed by atoms with Crippen LogP contribution in [0.5, 0.6) is 0 Å². The van der Waals surface area contributed by atoms with E-state index in [4.69, 9.17) is 4.74 Å². The fraction of sp³-hybridized carbons (Fsp3) is 0.385. The minimum Gasteiger partial charge on any atom is -0.481 e. The predicted octanol–water partition coefficient (Wildman–Crippen LogP) is 4.88. The Hall–Kier alpha value is -2.77. The summed E-state index contributed by atoms with van der Waals surface area (Å²) in [6, 6.07) is 11.0. The van der Waals surface area contributed by atoms with Gasteiger partial charge < -0.3 is 14.8 Å². The van der Waals surface area contributed by atoms with Crippen LogP contribution in [0.2, 0.25) is 0 Å². The number of nitrogens with zero attached hydrogens (tertiary/aromatic N) is 3. The summed E-state index contributed by atoms with van der Waals surface area (Å²) in [6.07, 6.45) is 3.20. The molecule has 12 heteroatoms. The van der Waals surface area contributed by atoms with Crippen LogP contribution in [0, 0.1) is 5.92 Å². The Labute approximate surface area is 229 Å². The molecule has 2 N–H and O–H groups in total. The van der Waals surface area contributed by atoms with Gasteiger partial charge in [0.2, 0.25) is 0 Å². The largest absolute Gasteiger partial charge is 0.481 e. The first-order chi connectivity index (χ1) is 18.4. The molecule has 9 nitrogen and oxygen atoms in total. The smallest absolute Gasteiger partial charge is 0.306 e. The molecule has 38 heavy (non-hydrogen) atoms. The van der Waals surface area contributed by atoms with Crippen molar-refractivity contribution in [3.63, 3.8) is 0 Å². The van der Waals surface area contributed by atoms with Crippen LogP contribution in [0.25, 0.3) is 21.6 Å². The number of fused-ring (bicyclic) bond motifs is 1. The molecule has 4 aromatic rings. The second-order valence-electron chi connectivity index (χ2n) is 9.15. The van der Waals surface area contributed by atoms with Gasteiger partial charge >= 0.3 is 5.97 Å². The number of aliphatic carboxylic acids is 1. The SMILES string of the molecule is CCOCCN(c1cccc2cc(-c3ncc(CN4CCC(C(=O)O)CC4)s3)[nH]c12)S(=O)(=O)c1cccs1. The van der Waals surface area contributed by atoms with E-state index >= 15 is 0 Å². The van der Waals surface area contributed by atoms with Gasteiger partial charge in [-0.3, -0.25) is 14.0 Å². The Morgan fingerprint density at radius 1 is 1.26 bits per heavy atom. The van der Waals surface area contributed by atoms with Crippen LogP contribution in [0.1, 0.15) is 24.6 Å². The number of anilines is 1. The third-order valence-corrected chi connectivity index (χ3v) is 10.9. The van der Waals surface area contributed by atoms with Gasteiger partial charge in [-0.15, -0.1) is 22.7 Å². The number of aromatic amines is 1. The van der Waals surface area contributed by atoms with Crippen LogP contribution in [0.3, 0.4) is 0 Å². The molecular formula is C26H30N4O5S3. The molecule has 0 atom stereocenters. The maximum absolute atomic E-state index is 13.6. The fourth-order valence-electron chi connectivity index (χ4n) is 4.71. The third kappa shape index (κ3) is 5.64. The Balaban J connectivity index is 1.40. The lowest BCUT2D eigenvalue weighted by molar-refractivity contribution is -0.143. The van der Waals surface area contributed by atoms with Crippen molar-refractivity contribution in [2.45, 2.75) is 30.5 Å². The summed E-state index contributed by atoms with van der Waals surface area (Å²) in [6.45, 7) is 5.13. The van der Waals surface area contributed by atoms with Crippen molar-refractivity contribution in [1.29, 1.82) is 0 Å². The highest BCUT2D eigenvalue weighted by Crippen LogP contribution is 2.35. The van der Waals surface area contributed by atoms with Gasteiger partial charge in [0, 0.05) is 29.6 Å². The highest BCUT2D eigenvalue weighted by atomic mass is 32.2. The number of carbonyl (C=O) groups is 1. The van der Waals surface area contributed by atoms with Crippen molar-refractivity contribution in [3.05, 3.63) is 52.9 Å². The molecule has 4 heterocycles. The third-order valence-electron chi connectivity index (χ3n) is 6.69. The quantitative estimate of drug-likeness (QED) is 0.245. The number of hydrogen-bond acceptors (Lipinski definition) is 8. The number of aromatic nitrogens is 2. The number of nitrogens with one attached hydrogen (secondary N) is 1. The average molecular weight is 575 g/mol. The van der Waals surface area contributed by atoms with E-state index in [1.807, 2.05) is 37.4 Å². The van der Waals surface area contributed by atoms with Crippen molar-refractivity contribution in [3.8, 4) is 10.7 Å². The first-order valence-corrected chi connectivity index (χ1v) is 15.7. The zero-order valence-corrected chi connectivity index (χ0v) is 23.4. The fourth-order valence-corrected chi connectivity index (χ4v) is 8.20. The monoisotopic (exact) mass is 574 g/mol. The number of carboxylic acid groups (broad SMARTS) is 1. The Morgan fingerprint density at radius 2 is 2.08 bits per heavy atom. The van der Waals surface area contributed by atoms with E-state index in [1.54, 1.807) is 28.8 Å². The van der Waals surface area contributed by atoms with Crippen LogP contribution >= 0.6 is 22.7 Å². The summed E-state index contributed by atoms with van der Waals surface area (Å²) >= 11 is 2.78. The van der Waals surface area contributed by atoms with E-state index in [1.165, 1.54) is 15.6 Å². The second-order valence-corrected chi connectivity index (χ2v) is 13.3. The van der Waals surface area contributed by atoms with E-state index in [0.717, 1.165) is 46.1 Å². The van der Waals surface area contributed by atoms with Gasteiger partial charge in [-0.2, -0.15) is 0 Å². The van der Waals surface area contributed by atoms with Crippen LogP contribution in [0.4, 0.5) is 5.69 Å². The molecule has 0 aliphatic carbocycles. The van der Waals surface area contributed by atoms with Crippen LogP contribution in [-0.2, 0) is 26.1 Å². The van der Waals surface area contributed by atoms with Crippen LogP contribution in [-0.4, -0.2) is 67.2 Å². The number of benzene rings is 1. The predicted molar refractivity (Wildman–Crippen MR) is 150 cm³/mol. The molecule has 1 aliphatic heterocycles. The summed E-state index contributed by atoms with van der Waals surface area (Å²) in [5.41, 5.74) is 2.12. The molecule has 5 rings (SSSR count). The number of thiazole rings is 1. The lowest BCUT2D eigenvalue weighted by atomic mass is 9.97. The Kier molecular flexibility index (Phi) is 8.15. The molecule has 202 valence electrons. The van der Waals surface area contributed by atoms with Gasteiger partial charge in [-0.25, -0.2) is 13.4 Å². The van der Waals surface area contributed by atoms with Crippen molar-refractivity contribution in [2.75, 3.05) is 37.2 Å². The summed E-state index contributed by atoms with van der Waals surface area (Å²) < 4.78 is 34.4. The summed E-state index contributed by atoms with van der Waals surface area (Å²) in [5.74, 6) is -0.955. The van der Waals surface area contributed by atoms with Crippen molar-refractivity contribution in [2.24, 2.45) is 5.92 Å². The normalized spacial score (nSPS) is 15.3. The Morgan fingerprint density at radius 3 is 2.79 bits per heavy atom. The molecule has 1 fully saturated rings. The molecule has 1 aromatic carbocycles. The van der Waals surface area contributed by atoms with E-state index < -0.39 is 16.0 Å². The molecular weight excluding hydrogens is 545 g/mol. The number of thiophene rings is 1. The molecule has 0 unspecified atom stereocenters. The number of ether oxygens (including phenoxy) is 1. The van der Waals surface area contributed by atoms with E-state index in [0.29, 0.717) is 25.1 Å². The number of carboxylic acids is 1. The molecule has 0 saturated carbocycles. The number of piperidine rings is 1. The Bertz CT molecular complexity index is 1490. The second kappa shape index (κ2) is 11.5. The average Bonchev–Trinajstić information content (AvgIpc) is 3.68. The number of H-pyrrole nitrogens is 1. The maximum Gasteiger partial charge on any atom is 0.306 e. The van der Waals surface area contributed by atoms with E-state index in [-0.39, 0.29) is 23.3 Å². The summed E-state index contributed by atoms with van der Waals surface area (Å²) in [5, 5.41) is 12.7. The molecule has 0 bridgehead atoms. The maximum atomic E-state index is 13.6. The highest BCUT2D eigenvalue weighted by Gasteiger charge is 2.28. The van der Waals surface area contributed by atoms with E-state index in [9.17, 15) is 18.3 Å². The van der Waals surface area contributed by atoms with Gasteiger partial charge in [0.1, 0.15) is 9.22 Å². The van der Waals surface area contributed by atoms with Crippen molar-refractivity contribution >= 4 is 55.3 Å². The van der Waals surface area contributed by atoms with Gasteiger partial charge in [-0.05, 0) is 56.4 Å². The lowest BCUT2D eigenvalue weighted by Crippen LogP contribution is -2.35. The first-order valence-electron chi connectivity index (χ1n) is 12.5. The van der Waals surface area contributed by atoms with Crippen LogP contribution < -0.4 is 4.31 Å². The summed E-state index contributed by atoms with van der Waals surface area (Å²) in [7, 11) is -3.76. The molecule has 0 radical (unpaired) electrons. The van der Waals surface area contributed by atoms with Gasteiger partial charge in [-0.1, -0.05) is 18.2 Å². The van der Waals surface area contributed by atoms with Crippen molar-refractivity contribution < 1.29 is 23.1 Å². The lowest BCUT2D eigenvalue weighted by Gasteiger charge is -2.29. The molecule has 3 aromatic heterocycles. The van der Waals surface area contributed by atoms with Crippen LogP contribution in [0.15, 0.2) is 52.2 Å². The van der Waals surface area contributed by atoms with Gasteiger partial charge in [0.15, 0.2) is 0 Å². The van der Waals surface area contributed by atoms with Gasteiger partial charge in [0.25, 0.3) is 10.0 Å². The number of rotatable bonds is 11. The number of hydrogen-bond donors (Lipinski definition) is 2. The number of likely N-dealkylation sites (tertiary alicyclic amines) is 1. The summed E-state index contributed by atoms with van der Waals surface area (Å²) in [4.78, 5) is 22.7. The number of sulfonamides is 1. The molecule has 0 spiro atoms. The first kappa shape index (κ1) is 26.8.